The quantitative estimate of drug-likeness (QED) is 0.625. The van der Waals surface area contributed by atoms with Crippen LogP contribution in [0, 0.1) is 16.7 Å². The topological polar surface area (TPSA) is 92.1 Å². The number of rotatable bonds is 4. The standard InChI is InChI=1S/C24H33N3O5Si/c1-15-21(28)27-17(22(29)26(15)5)11-24(12-25,13-32-33(6,7)23(2,3)4)20(27)16-8-9-18-19(10-16)31-14-30-18/h8-10,15,17,20H,11,13-14H2,1-7H3. The minimum Gasteiger partial charge on any atom is -0.454 e. The number of piperazine rings is 1. The van der Waals surface area contributed by atoms with E-state index in [9.17, 15) is 14.9 Å². The van der Waals surface area contributed by atoms with Crippen LogP contribution in [0.1, 0.15) is 45.7 Å². The molecular weight excluding hydrogens is 438 g/mol. The molecule has 0 N–H and O–H groups in total. The molecule has 9 heteroatoms. The molecule has 2 saturated heterocycles. The zero-order valence-electron chi connectivity index (χ0n) is 20.5. The molecule has 4 unspecified atom stereocenters. The fourth-order valence-electron chi connectivity index (χ4n) is 4.66. The normalized spacial score (nSPS) is 29.3. The highest BCUT2D eigenvalue weighted by Crippen LogP contribution is 2.54. The van der Waals surface area contributed by atoms with Crippen LogP contribution in [0.2, 0.25) is 18.1 Å². The summed E-state index contributed by atoms with van der Waals surface area (Å²) in [7, 11) is -0.538. The molecule has 2 fully saturated rings. The lowest BCUT2D eigenvalue weighted by Crippen LogP contribution is -2.60. The van der Waals surface area contributed by atoms with E-state index < -0.39 is 31.9 Å². The van der Waals surface area contributed by atoms with Crippen molar-refractivity contribution >= 4 is 20.1 Å². The van der Waals surface area contributed by atoms with Gasteiger partial charge in [0.15, 0.2) is 19.8 Å². The minimum absolute atomic E-state index is 0.0378. The summed E-state index contributed by atoms with van der Waals surface area (Å²) in [6.07, 6.45) is 0.235. The number of ether oxygens (including phenoxy) is 2. The zero-order valence-corrected chi connectivity index (χ0v) is 21.5. The van der Waals surface area contributed by atoms with Gasteiger partial charge in [0, 0.05) is 7.05 Å². The molecule has 1 aromatic rings. The van der Waals surface area contributed by atoms with Crippen LogP contribution >= 0.6 is 0 Å². The van der Waals surface area contributed by atoms with Gasteiger partial charge in [-0.1, -0.05) is 26.8 Å². The third kappa shape index (κ3) is 3.60. The van der Waals surface area contributed by atoms with Gasteiger partial charge in [0.1, 0.15) is 17.5 Å². The van der Waals surface area contributed by atoms with E-state index in [0.29, 0.717) is 11.5 Å². The number of hydrogen-bond acceptors (Lipinski definition) is 6. The highest BCUT2D eigenvalue weighted by Gasteiger charge is 2.61. The molecule has 33 heavy (non-hydrogen) atoms. The Hall–Kier alpha value is -2.57. The molecule has 3 aliphatic heterocycles. The second kappa shape index (κ2) is 7.74. The fraction of sp³-hybridized carbons (Fsp3) is 0.625. The number of benzene rings is 1. The number of amides is 2. The summed E-state index contributed by atoms with van der Waals surface area (Å²) in [5.74, 6) is 0.906. The van der Waals surface area contributed by atoms with Crippen molar-refractivity contribution in [3.8, 4) is 17.6 Å². The van der Waals surface area contributed by atoms with Crippen LogP contribution in [0.3, 0.4) is 0 Å². The van der Waals surface area contributed by atoms with Crippen LogP contribution in [-0.4, -0.2) is 62.5 Å². The zero-order chi connectivity index (χ0) is 24.3. The second-order valence-electron chi connectivity index (χ2n) is 10.9. The van der Waals surface area contributed by atoms with Gasteiger partial charge in [-0.3, -0.25) is 9.59 Å². The number of nitriles is 1. The average Bonchev–Trinajstić information content (AvgIpc) is 3.36. The number of hydrogen-bond donors (Lipinski definition) is 0. The first-order valence-electron chi connectivity index (χ1n) is 11.4. The molecule has 8 nitrogen and oxygen atoms in total. The van der Waals surface area contributed by atoms with Gasteiger partial charge in [0.25, 0.3) is 0 Å². The van der Waals surface area contributed by atoms with Gasteiger partial charge in [-0.05, 0) is 49.2 Å². The van der Waals surface area contributed by atoms with Crippen molar-refractivity contribution in [1.29, 1.82) is 5.26 Å². The number of carbonyl (C=O) groups excluding carboxylic acids is 2. The Morgan fingerprint density at radius 1 is 1.21 bits per heavy atom. The lowest BCUT2D eigenvalue weighted by molar-refractivity contribution is -0.159. The van der Waals surface area contributed by atoms with Crippen molar-refractivity contribution in [1.82, 2.24) is 9.80 Å². The molecule has 0 bridgehead atoms. The molecule has 4 atom stereocenters. The van der Waals surface area contributed by atoms with Crippen LogP contribution in [0.5, 0.6) is 11.5 Å². The summed E-state index contributed by atoms with van der Waals surface area (Å²) in [5, 5.41) is 10.5. The summed E-state index contributed by atoms with van der Waals surface area (Å²) in [4.78, 5) is 29.8. The third-order valence-corrected chi connectivity index (χ3v) is 12.4. The van der Waals surface area contributed by atoms with Crippen molar-refractivity contribution < 1.29 is 23.5 Å². The Morgan fingerprint density at radius 2 is 1.88 bits per heavy atom. The summed E-state index contributed by atoms with van der Waals surface area (Å²) in [6.45, 7) is 12.7. The molecule has 0 aliphatic carbocycles. The van der Waals surface area contributed by atoms with Crippen LogP contribution in [0.15, 0.2) is 18.2 Å². The van der Waals surface area contributed by atoms with E-state index in [1.807, 2.05) is 12.1 Å². The predicted octanol–water partition coefficient (Wildman–Crippen LogP) is 3.45. The van der Waals surface area contributed by atoms with Gasteiger partial charge >= 0.3 is 0 Å². The van der Waals surface area contributed by atoms with E-state index in [0.717, 1.165) is 5.56 Å². The van der Waals surface area contributed by atoms with Gasteiger partial charge in [-0.25, -0.2) is 0 Å². The van der Waals surface area contributed by atoms with Gasteiger partial charge in [-0.2, -0.15) is 5.26 Å². The molecule has 3 aliphatic rings. The molecule has 0 saturated carbocycles. The number of fused-ring (bicyclic) bond motifs is 2. The van der Waals surface area contributed by atoms with E-state index in [1.54, 1.807) is 24.9 Å². The van der Waals surface area contributed by atoms with E-state index in [4.69, 9.17) is 13.9 Å². The maximum atomic E-state index is 13.5. The van der Waals surface area contributed by atoms with Crippen molar-refractivity contribution in [3.63, 3.8) is 0 Å². The van der Waals surface area contributed by atoms with Crippen LogP contribution in [0.4, 0.5) is 0 Å². The van der Waals surface area contributed by atoms with Crippen LogP contribution in [0.25, 0.3) is 0 Å². The maximum absolute atomic E-state index is 13.5. The Kier molecular flexibility index (Phi) is 5.53. The average molecular weight is 472 g/mol. The Labute approximate surface area is 196 Å². The molecule has 2 amide bonds. The lowest BCUT2D eigenvalue weighted by Gasteiger charge is -2.43. The molecule has 1 aromatic carbocycles. The highest BCUT2D eigenvalue weighted by molar-refractivity contribution is 6.74. The Morgan fingerprint density at radius 3 is 2.52 bits per heavy atom. The summed E-state index contributed by atoms with van der Waals surface area (Å²) in [5.41, 5.74) is -0.315. The Balaban J connectivity index is 1.81. The minimum atomic E-state index is -2.19. The van der Waals surface area contributed by atoms with Crippen molar-refractivity contribution in [3.05, 3.63) is 23.8 Å². The summed E-state index contributed by atoms with van der Waals surface area (Å²) < 4.78 is 17.6. The monoisotopic (exact) mass is 471 g/mol. The first-order chi connectivity index (χ1) is 15.3. The third-order valence-electron chi connectivity index (χ3n) is 7.95. The van der Waals surface area contributed by atoms with Gasteiger partial charge in [0.05, 0.1) is 18.7 Å². The fourth-order valence-corrected chi connectivity index (χ4v) is 5.71. The van der Waals surface area contributed by atoms with E-state index in [2.05, 4.69) is 39.9 Å². The highest BCUT2D eigenvalue weighted by atomic mass is 28.4. The lowest BCUT2D eigenvalue weighted by atomic mass is 9.78. The van der Waals surface area contributed by atoms with E-state index >= 15 is 0 Å². The van der Waals surface area contributed by atoms with Gasteiger partial charge < -0.3 is 23.7 Å². The molecule has 0 spiro atoms. The van der Waals surface area contributed by atoms with Crippen molar-refractivity contribution in [2.45, 2.75) is 70.4 Å². The molecule has 0 aromatic heterocycles. The molecule has 178 valence electrons. The van der Waals surface area contributed by atoms with Crippen molar-refractivity contribution in [2.24, 2.45) is 5.41 Å². The largest absolute Gasteiger partial charge is 0.454 e. The molecular formula is C24H33N3O5Si. The summed E-state index contributed by atoms with van der Waals surface area (Å²) in [6, 6.07) is 6.07. The molecule has 0 radical (unpaired) electrons. The predicted molar refractivity (Wildman–Crippen MR) is 124 cm³/mol. The smallest absolute Gasteiger partial charge is 0.246 e. The SMILES string of the molecule is CC1C(=O)N2C(CC(C#N)(CO[Si](C)(C)C(C)(C)C)C2c2ccc3c(c2)OCO3)C(=O)N1C. The van der Waals surface area contributed by atoms with E-state index in [1.165, 1.54) is 4.90 Å². The van der Waals surface area contributed by atoms with E-state index in [-0.39, 0.29) is 36.7 Å². The van der Waals surface area contributed by atoms with Crippen LogP contribution in [-0.2, 0) is 14.0 Å². The van der Waals surface area contributed by atoms with Crippen LogP contribution < -0.4 is 9.47 Å². The summed E-state index contributed by atoms with van der Waals surface area (Å²) >= 11 is 0. The molecule has 3 heterocycles. The Bertz CT molecular complexity index is 1030. The first kappa shape index (κ1) is 23.6. The maximum Gasteiger partial charge on any atom is 0.246 e. The number of likely N-dealkylation sites (N-methyl/N-ethyl adjacent to an activating group) is 1. The van der Waals surface area contributed by atoms with Gasteiger partial charge in [0.2, 0.25) is 18.6 Å². The molecule has 4 rings (SSSR count). The number of carbonyl (C=O) groups is 2. The number of nitrogens with zero attached hydrogens (tertiary/aromatic N) is 3. The van der Waals surface area contributed by atoms with Crippen molar-refractivity contribution in [2.75, 3.05) is 20.4 Å². The first-order valence-corrected chi connectivity index (χ1v) is 14.3. The second-order valence-corrected chi connectivity index (χ2v) is 15.7. The van der Waals surface area contributed by atoms with Gasteiger partial charge in [-0.15, -0.1) is 0 Å².